The summed E-state index contributed by atoms with van der Waals surface area (Å²) in [5.41, 5.74) is 1.10. The van der Waals surface area contributed by atoms with E-state index in [-0.39, 0.29) is 17.6 Å². The summed E-state index contributed by atoms with van der Waals surface area (Å²) in [6, 6.07) is 0.256. The molecule has 1 N–H and O–H groups in total. The molecule has 0 aliphatic carbocycles. The van der Waals surface area contributed by atoms with Crippen LogP contribution in [0.15, 0.2) is 6.20 Å². The van der Waals surface area contributed by atoms with E-state index in [1.165, 1.54) is 0 Å². The fourth-order valence-electron chi connectivity index (χ4n) is 2.48. The Labute approximate surface area is 123 Å². The van der Waals surface area contributed by atoms with Gasteiger partial charge in [0.05, 0.1) is 11.8 Å². The number of ether oxygens (including phenoxy) is 1. The molecule has 0 aromatic carbocycles. The normalized spacial score (nSPS) is 15.3. The summed E-state index contributed by atoms with van der Waals surface area (Å²) >= 11 is 0. The second-order valence-electron chi connectivity index (χ2n) is 6.39. The zero-order valence-electron chi connectivity index (χ0n) is 13.8. The molecule has 2 atom stereocenters. The van der Waals surface area contributed by atoms with Gasteiger partial charge in [0.2, 0.25) is 0 Å². The summed E-state index contributed by atoms with van der Waals surface area (Å²) in [5, 5.41) is 11.8. The first kappa shape index (κ1) is 17.1. The number of aryl methyl sites for hydroxylation is 1. The first-order valence-corrected chi connectivity index (χ1v) is 7.58. The zero-order chi connectivity index (χ0) is 15.2. The standard InChI is InChI=1S/C15H30N4O/c1-7-9-16-13(10-12-11-19(6)18-17-12)14(20-8-2)15(3,4)5/h11,13-14,16H,7-10H2,1-6H3. The monoisotopic (exact) mass is 282 g/mol. The smallest absolute Gasteiger partial charge is 0.0843 e. The van der Waals surface area contributed by atoms with Crippen molar-refractivity contribution in [3.8, 4) is 0 Å². The predicted molar refractivity (Wildman–Crippen MR) is 81.7 cm³/mol. The highest BCUT2D eigenvalue weighted by molar-refractivity contribution is 5.00. The fourth-order valence-corrected chi connectivity index (χ4v) is 2.48. The molecular weight excluding hydrogens is 252 g/mol. The van der Waals surface area contributed by atoms with Crippen LogP contribution < -0.4 is 5.32 Å². The molecule has 0 spiro atoms. The highest BCUT2D eigenvalue weighted by atomic mass is 16.5. The topological polar surface area (TPSA) is 52.0 Å². The third-order valence-electron chi connectivity index (χ3n) is 3.30. The van der Waals surface area contributed by atoms with E-state index in [4.69, 9.17) is 4.74 Å². The van der Waals surface area contributed by atoms with Crippen molar-refractivity contribution < 1.29 is 4.74 Å². The summed E-state index contributed by atoms with van der Waals surface area (Å²) < 4.78 is 7.78. The first-order chi connectivity index (χ1) is 9.38. The lowest BCUT2D eigenvalue weighted by Gasteiger charge is -2.37. The van der Waals surface area contributed by atoms with Gasteiger partial charge in [0.25, 0.3) is 0 Å². The molecule has 0 bridgehead atoms. The van der Waals surface area contributed by atoms with Crippen molar-refractivity contribution in [2.24, 2.45) is 12.5 Å². The van der Waals surface area contributed by atoms with Gasteiger partial charge in [-0.2, -0.15) is 0 Å². The second-order valence-corrected chi connectivity index (χ2v) is 6.39. The van der Waals surface area contributed by atoms with Crippen LogP contribution in [0.4, 0.5) is 0 Å². The van der Waals surface area contributed by atoms with Crippen molar-refractivity contribution in [1.82, 2.24) is 20.3 Å². The molecule has 0 aliphatic heterocycles. The van der Waals surface area contributed by atoms with Gasteiger partial charge in [-0.1, -0.05) is 32.9 Å². The zero-order valence-corrected chi connectivity index (χ0v) is 13.8. The molecule has 1 heterocycles. The third-order valence-corrected chi connectivity index (χ3v) is 3.30. The Morgan fingerprint density at radius 2 is 2.05 bits per heavy atom. The first-order valence-electron chi connectivity index (χ1n) is 7.58. The van der Waals surface area contributed by atoms with Gasteiger partial charge in [0, 0.05) is 32.3 Å². The lowest BCUT2D eigenvalue weighted by molar-refractivity contribution is -0.0357. The van der Waals surface area contributed by atoms with Crippen LogP contribution in [0, 0.1) is 5.41 Å². The summed E-state index contributed by atoms with van der Waals surface area (Å²) in [6.07, 6.45) is 4.09. The van der Waals surface area contributed by atoms with Gasteiger partial charge in [0.15, 0.2) is 0 Å². The van der Waals surface area contributed by atoms with Crippen molar-refractivity contribution in [3.63, 3.8) is 0 Å². The van der Waals surface area contributed by atoms with Gasteiger partial charge in [-0.05, 0) is 25.3 Å². The molecule has 116 valence electrons. The summed E-state index contributed by atoms with van der Waals surface area (Å²) in [5.74, 6) is 0. The average molecular weight is 282 g/mol. The Morgan fingerprint density at radius 3 is 2.50 bits per heavy atom. The molecule has 20 heavy (non-hydrogen) atoms. The largest absolute Gasteiger partial charge is 0.376 e. The fraction of sp³-hybridized carbons (Fsp3) is 0.867. The van der Waals surface area contributed by atoms with E-state index in [1.54, 1.807) is 4.68 Å². The summed E-state index contributed by atoms with van der Waals surface area (Å²) in [6.45, 7) is 12.6. The molecule has 0 saturated carbocycles. The van der Waals surface area contributed by atoms with Crippen molar-refractivity contribution >= 4 is 0 Å². The average Bonchev–Trinajstić information content (AvgIpc) is 2.76. The second kappa shape index (κ2) is 7.74. The number of rotatable bonds is 8. The number of hydrogen-bond acceptors (Lipinski definition) is 4. The lowest BCUT2D eigenvalue weighted by Crippen LogP contribution is -2.49. The van der Waals surface area contributed by atoms with E-state index in [1.807, 2.05) is 13.2 Å². The van der Waals surface area contributed by atoms with Gasteiger partial charge in [-0.3, -0.25) is 4.68 Å². The number of nitrogens with one attached hydrogen (secondary N) is 1. The van der Waals surface area contributed by atoms with Crippen LogP contribution in [-0.2, 0) is 18.2 Å². The van der Waals surface area contributed by atoms with Gasteiger partial charge in [-0.15, -0.1) is 5.10 Å². The van der Waals surface area contributed by atoms with E-state index in [9.17, 15) is 0 Å². The quantitative estimate of drug-likeness (QED) is 0.794. The van der Waals surface area contributed by atoms with E-state index in [2.05, 4.69) is 50.2 Å². The molecule has 5 heteroatoms. The van der Waals surface area contributed by atoms with Crippen molar-refractivity contribution in [3.05, 3.63) is 11.9 Å². The summed E-state index contributed by atoms with van der Waals surface area (Å²) in [7, 11) is 1.90. The Balaban J connectivity index is 2.84. The van der Waals surface area contributed by atoms with E-state index >= 15 is 0 Å². The lowest BCUT2D eigenvalue weighted by atomic mass is 9.83. The number of nitrogens with zero attached hydrogens (tertiary/aromatic N) is 3. The van der Waals surface area contributed by atoms with Gasteiger partial charge < -0.3 is 10.1 Å². The Bertz CT molecular complexity index is 383. The van der Waals surface area contributed by atoms with Crippen LogP contribution in [0.1, 0.15) is 46.7 Å². The van der Waals surface area contributed by atoms with E-state index < -0.39 is 0 Å². The SMILES string of the molecule is CCCNC(Cc1cn(C)nn1)C(OCC)C(C)(C)C. The minimum Gasteiger partial charge on any atom is -0.376 e. The van der Waals surface area contributed by atoms with Crippen LogP contribution in [0.3, 0.4) is 0 Å². The van der Waals surface area contributed by atoms with Crippen LogP contribution in [0.25, 0.3) is 0 Å². The summed E-state index contributed by atoms with van der Waals surface area (Å²) in [4.78, 5) is 0. The van der Waals surface area contributed by atoms with E-state index in [0.29, 0.717) is 0 Å². The van der Waals surface area contributed by atoms with Crippen molar-refractivity contribution in [2.45, 2.75) is 59.6 Å². The van der Waals surface area contributed by atoms with Gasteiger partial charge >= 0.3 is 0 Å². The number of hydrogen-bond donors (Lipinski definition) is 1. The highest BCUT2D eigenvalue weighted by Crippen LogP contribution is 2.26. The minimum atomic E-state index is 0.0869. The minimum absolute atomic E-state index is 0.0869. The van der Waals surface area contributed by atoms with E-state index in [0.717, 1.165) is 31.7 Å². The maximum atomic E-state index is 6.03. The molecule has 1 rings (SSSR count). The molecule has 0 fully saturated rings. The molecule has 0 aliphatic rings. The maximum absolute atomic E-state index is 6.03. The predicted octanol–water partition coefficient (Wildman–Crippen LogP) is 2.18. The molecule has 0 radical (unpaired) electrons. The molecule has 1 aromatic rings. The molecule has 1 aromatic heterocycles. The Morgan fingerprint density at radius 1 is 1.35 bits per heavy atom. The van der Waals surface area contributed by atoms with Crippen LogP contribution in [0.2, 0.25) is 0 Å². The van der Waals surface area contributed by atoms with Crippen LogP contribution >= 0.6 is 0 Å². The molecule has 5 nitrogen and oxygen atoms in total. The van der Waals surface area contributed by atoms with Gasteiger partial charge in [-0.25, -0.2) is 0 Å². The molecule has 0 amide bonds. The molecule has 2 unspecified atom stereocenters. The van der Waals surface area contributed by atoms with Crippen LogP contribution in [-0.4, -0.2) is 40.3 Å². The van der Waals surface area contributed by atoms with Crippen molar-refractivity contribution in [2.75, 3.05) is 13.2 Å². The molecular formula is C15H30N4O. The maximum Gasteiger partial charge on any atom is 0.0843 e. The Hall–Kier alpha value is -0.940. The number of aromatic nitrogens is 3. The van der Waals surface area contributed by atoms with Gasteiger partial charge in [0.1, 0.15) is 0 Å². The highest BCUT2D eigenvalue weighted by Gasteiger charge is 2.33. The third kappa shape index (κ3) is 5.21. The Kier molecular flexibility index (Phi) is 6.62. The van der Waals surface area contributed by atoms with Crippen molar-refractivity contribution in [1.29, 1.82) is 0 Å². The molecule has 0 saturated heterocycles. The van der Waals surface area contributed by atoms with Crippen LogP contribution in [0.5, 0.6) is 0 Å².